The number of ether oxygens (including phenoxy) is 3. The molecule has 1 aliphatic rings. The first-order valence-electron chi connectivity index (χ1n) is 7.23. The monoisotopic (exact) mass is 323 g/mol. The normalized spacial score (nSPS) is 23.0. The quantitative estimate of drug-likeness (QED) is 0.839. The highest BCUT2D eigenvalue weighted by atomic mass is 19.1. The molecule has 8 heteroatoms. The summed E-state index contributed by atoms with van der Waals surface area (Å²) >= 11 is 0. The van der Waals surface area contributed by atoms with Gasteiger partial charge in [-0.15, -0.1) is 0 Å². The fraction of sp³-hybridized carbons (Fsp3) is 0.467. The molecule has 1 saturated heterocycles. The summed E-state index contributed by atoms with van der Waals surface area (Å²) in [7, 11) is 1.47. The zero-order valence-electron chi connectivity index (χ0n) is 12.6. The van der Waals surface area contributed by atoms with E-state index in [0.717, 1.165) is 6.20 Å². The molecule has 0 amide bonds. The van der Waals surface area contributed by atoms with Crippen molar-refractivity contribution < 1.29 is 23.7 Å². The molecule has 0 spiro atoms. The van der Waals surface area contributed by atoms with Gasteiger partial charge in [0.05, 0.1) is 43.6 Å². The lowest BCUT2D eigenvalue weighted by Crippen LogP contribution is -2.46. The summed E-state index contributed by atoms with van der Waals surface area (Å²) in [6, 6.07) is 3.11. The van der Waals surface area contributed by atoms with Crippen molar-refractivity contribution in [3.05, 3.63) is 29.7 Å². The highest BCUT2D eigenvalue weighted by Gasteiger charge is 2.28. The van der Waals surface area contributed by atoms with Crippen molar-refractivity contribution in [3.63, 3.8) is 0 Å². The number of fused-ring (bicyclic) bond motifs is 1. The molecule has 23 heavy (non-hydrogen) atoms. The summed E-state index contributed by atoms with van der Waals surface area (Å²) in [5.74, 6) is -0.207. The van der Waals surface area contributed by atoms with Crippen LogP contribution in [0.25, 0.3) is 11.0 Å². The molecule has 2 aromatic heterocycles. The maximum Gasteiger partial charge on any atom is 0.213 e. The van der Waals surface area contributed by atoms with Gasteiger partial charge in [-0.25, -0.2) is 9.37 Å². The van der Waals surface area contributed by atoms with Crippen LogP contribution in [0, 0.1) is 5.82 Å². The van der Waals surface area contributed by atoms with Crippen LogP contribution in [0.3, 0.4) is 0 Å². The van der Waals surface area contributed by atoms with Crippen LogP contribution in [0.5, 0.6) is 5.88 Å². The Balaban J connectivity index is 1.87. The highest BCUT2D eigenvalue weighted by molar-refractivity contribution is 5.78. The maximum absolute atomic E-state index is 14.2. The summed E-state index contributed by atoms with van der Waals surface area (Å²) in [6.07, 6.45) is -0.805. The van der Waals surface area contributed by atoms with Gasteiger partial charge in [0.2, 0.25) is 5.88 Å². The van der Waals surface area contributed by atoms with Gasteiger partial charge in [-0.3, -0.25) is 4.98 Å². The number of methoxy groups -OCH3 is 1. The summed E-state index contributed by atoms with van der Waals surface area (Å²) in [5, 5.41) is 10.3. The number of halogens is 1. The Morgan fingerprint density at radius 3 is 2.87 bits per heavy atom. The first-order valence-corrected chi connectivity index (χ1v) is 7.23. The number of aliphatic hydroxyl groups is 1. The number of nitrogens with two attached hydrogens (primary N) is 1. The Bertz CT molecular complexity index is 692. The van der Waals surface area contributed by atoms with Gasteiger partial charge in [0.15, 0.2) is 6.29 Å². The lowest BCUT2D eigenvalue weighted by molar-refractivity contribution is -0.227. The fourth-order valence-electron chi connectivity index (χ4n) is 2.45. The Hall–Kier alpha value is -1.87. The summed E-state index contributed by atoms with van der Waals surface area (Å²) < 4.78 is 29.9. The molecule has 2 aromatic rings. The third-order valence-electron chi connectivity index (χ3n) is 3.63. The Morgan fingerprint density at radius 1 is 1.43 bits per heavy atom. The van der Waals surface area contributed by atoms with Crippen LogP contribution in [0.4, 0.5) is 4.39 Å². The minimum Gasteiger partial charge on any atom is -0.481 e. The SMILES string of the molecule is COc1ccc2ncc(F)c(C[C@H](O)C3OCC(N)CO3)c2n1. The van der Waals surface area contributed by atoms with Crippen molar-refractivity contribution in [2.45, 2.75) is 24.9 Å². The van der Waals surface area contributed by atoms with Gasteiger partial charge < -0.3 is 25.1 Å². The van der Waals surface area contributed by atoms with Crippen LogP contribution < -0.4 is 10.5 Å². The van der Waals surface area contributed by atoms with Gasteiger partial charge in [-0.1, -0.05) is 0 Å². The minimum atomic E-state index is -1.05. The third-order valence-corrected chi connectivity index (χ3v) is 3.63. The number of hydrogen-bond acceptors (Lipinski definition) is 7. The fourth-order valence-corrected chi connectivity index (χ4v) is 2.45. The molecular weight excluding hydrogens is 305 g/mol. The molecule has 0 unspecified atom stereocenters. The van der Waals surface area contributed by atoms with E-state index in [1.807, 2.05) is 0 Å². The smallest absolute Gasteiger partial charge is 0.213 e. The molecule has 0 saturated carbocycles. The first-order chi connectivity index (χ1) is 11.1. The van der Waals surface area contributed by atoms with E-state index >= 15 is 0 Å². The van der Waals surface area contributed by atoms with Crippen molar-refractivity contribution in [3.8, 4) is 5.88 Å². The van der Waals surface area contributed by atoms with E-state index in [9.17, 15) is 9.50 Å². The van der Waals surface area contributed by atoms with Crippen molar-refractivity contribution in [1.82, 2.24) is 9.97 Å². The van der Waals surface area contributed by atoms with Crippen LogP contribution in [0.1, 0.15) is 5.56 Å². The van der Waals surface area contributed by atoms with Crippen molar-refractivity contribution in [1.29, 1.82) is 0 Å². The number of aromatic nitrogens is 2. The van der Waals surface area contributed by atoms with Gasteiger partial charge >= 0.3 is 0 Å². The van der Waals surface area contributed by atoms with E-state index in [0.29, 0.717) is 16.9 Å². The zero-order valence-corrected chi connectivity index (χ0v) is 12.6. The lowest BCUT2D eigenvalue weighted by atomic mass is 10.1. The molecule has 0 bridgehead atoms. The third kappa shape index (κ3) is 3.40. The first kappa shape index (κ1) is 16.0. The predicted octanol–water partition coefficient (Wildman–Crippen LogP) is 0.381. The second-order valence-corrected chi connectivity index (χ2v) is 5.37. The molecule has 3 N–H and O–H groups in total. The number of hydrogen-bond donors (Lipinski definition) is 2. The summed E-state index contributed by atoms with van der Waals surface area (Å²) in [6.45, 7) is 0.570. The van der Waals surface area contributed by atoms with E-state index in [2.05, 4.69) is 9.97 Å². The van der Waals surface area contributed by atoms with Crippen LogP contribution in [0.15, 0.2) is 18.3 Å². The predicted molar refractivity (Wildman–Crippen MR) is 79.4 cm³/mol. The molecule has 1 aliphatic heterocycles. The zero-order chi connectivity index (χ0) is 16.4. The molecule has 3 heterocycles. The molecule has 0 radical (unpaired) electrons. The number of nitrogens with zero attached hydrogens (tertiary/aromatic N) is 2. The minimum absolute atomic E-state index is 0.0229. The van der Waals surface area contributed by atoms with E-state index in [4.69, 9.17) is 19.9 Å². The van der Waals surface area contributed by atoms with Crippen LogP contribution in [-0.2, 0) is 15.9 Å². The number of pyridine rings is 2. The topological polar surface area (TPSA) is 99.7 Å². The van der Waals surface area contributed by atoms with Gasteiger partial charge in [0.1, 0.15) is 11.9 Å². The molecule has 3 rings (SSSR count). The highest BCUT2D eigenvalue weighted by Crippen LogP contribution is 2.23. The Morgan fingerprint density at radius 2 is 2.17 bits per heavy atom. The summed E-state index contributed by atoms with van der Waals surface area (Å²) in [5.41, 5.74) is 6.75. The van der Waals surface area contributed by atoms with Gasteiger partial charge in [-0.05, 0) is 6.07 Å². The molecule has 0 aromatic carbocycles. The van der Waals surface area contributed by atoms with Crippen LogP contribution in [-0.4, -0.2) is 53.8 Å². The largest absolute Gasteiger partial charge is 0.481 e. The van der Waals surface area contributed by atoms with E-state index in [1.165, 1.54) is 7.11 Å². The van der Waals surface area contributed by atoms with E-state index in [1.54, 1.807) is 12.1 Å². The van der Waals surface area contributed by atoms with E-state index in [-0.39, 0.29) is 31.2 Å². The second kappa shape index (κ2) is 6.71. The molecule has 0 aliphatic carbocycles. The molecule has 7 nitrogen and oxygen atoms in total. The number of rotatable bonds is 4. The number of aliphatic hydroxyl groups excluding tert-OH is 1. The average molecular weight is 323 g/mol. The molecule has 1 fully saturated rings. The molecular formula is C15H18FN3O4. The lowest BCUT2D eigenvalue weighted by Gasteiger charge is -2.30. The van der Waals surface area contributed by atoms with Crippen molar-refractivity contribution >= 4 is 11.0 Å². The molecule has 1 atom stereocenters. The van der Waals surface area contributed by atoms with Crippen LogP contribution in [0.2, 0.25) is 0 Å². The molecule has 124 valence electrons. The summed E-state index contributed by atoms with van der Waals surface area (Å²) in [4.78, 5) is 8.22. The van der Waals surface area contributed by atoms with Gasteiger partial charge in [0, 0.05) is 18.1 Å². The van der Waals surface area contributed by atoms with Gasteiger partial charge in [-0.2, -0.15) is 0 Å². The van der Waals surface area contributed by atoms with Crippen molar-refractivity contribution in [2.75, 3.05) is 20.3 Å². The van der Waals surface area contributed by atoms with E-state index < -0.39 is 18.2 Å². The maximum atomic E-state index is 14.2. The second-order valence-electron chi connectivity index (χ2n) is 5.37. The average Bonchev–Trinajstić information content (AvgIpc) is 2.57. The standard InChI is InChI=1S/C15H18FN3O4/c1-21-13-3-2-11-14(19-13)9(10(16)5-18-11)4-12(20)15-22-6-8(17)7-23-15/h2-3,5,8,12,15,20H,4,6-7,17H2,1H3/t8?,12-,15?/m0/s1. The van der Waals surface area contributed by atoms with Crippen LogP contribution >= 0.6 is 0 Å². The van der Waals surface area contributed by atoms with Gasteiger partial charge in [0.25, 0.3) is 0 Å². The Labute approximate surface area is 132 Å². The van der Waals surface area contributed by atoms with Crippen molar-refractivity contribution in [2.24, 2.45) is 5.73 Å². The Kier molecular flexibility index (Phi) is 4.67.